The molecule has 90 valence electrons. The van der Waals surface area contributed by atoms with Crippen molar-refractivity contribution in [2.45, 2.75) is 65.5 Å². The Kier molecular flexibility index (Phi) is 4.19. The summed E-state index contributed by atoms with van der Waals surface area (Å²) in [7, 11) is 0. The lowest BCUT2D eigenvalue weighted by Crippen LogP contribution is -2.42. The monoisotopic (exact) mass is 212 g/mol. The van der Waals surface area contributed by atoms with Crippen LogP contribution in [0.2, 0.25) is 0 Å². The summed E-state index contributed by atoms with van der Waals surface area (Å²) in [5.41, 5.74) is 0.811. The van der Waals surface area contributed by atoms with Crippen molar-refractivity contribution in [3.05, 3.63) is 0 Å². The first-order chi connectivity index (χ1) is 6.79. The van der Waals surface area contributed by atoms with Crippen molar-refractivity contribution >= 4 is 0 Å². The third-order valence-electron chi connectivity index (χ3n) is 3.18. The van der Waals surface area contributed by atoms with Crippen LogP contribution in [-0.2, 0) is 0 Å². The molecule has 0 aromatic rings. The van der Waals surface area contributed by atoms with Crippen molar-refractivity contribution in [2.24, 2.45) is 5.41 Å². The van der Waals surface area contributed by atoms with Crippen LogP contribution in [0.3, 0.4) is 0 Å². The minimum atomic E-state index is 0.247. The van der Waals surface area contributed by atoms with Gasteiger partial charge in [-0.1, -0.05) is 13.8 Å². The smallest absolute Gasteiger partial charge is 0.00970 e. The van der Waals surface area contributed by atoms with Crippen LogP contribution in [0.1, 0.15) is 53.9 Å². The van der Waals surface area contributed by atoms with Crippen LogP contribution < -0.4 is 10.6 Å². The first-order valence-corrected chi connectivity index (χ1v) is 6.27. The Morgan fingerprint density at radius 1 is 1.20 bits per heavy atom. The van der Waals surface area contributed by atoms with Gasteiger partial charge in [0, 0.05) is 24.7 Å². The summed E-state index contributed by atoms with van der Waals surface area (Å²) >= 11 is 0. The summed E-state index contributed by atoms with van der Waals surface area (Å²) in [6.45, 7) is 13.6. The van der Waals surface area contributed by atoms with Crippen molar-refractivity contribution in [3.63, 3.8) is 0 Å². The summed E-state index contributed by atoms with van der Waals surface area (Å²) in [5, 5.41) is 7.15. The maximum absolute atomic E-state index is 3.65. The zero-order valence-corrected chi connectivity index (χ0v) is 11.1. The fourth-order valence-electron chi connectivity index (χ4n) is 2.32. The second kappa shape index (κ2) is 4.84. The molecule has 1 fully saturated rings. The number of nitrogens with one attached hydrogen (secondary N) is 2. The summed E-state index contributed by atoms with van der Waals surface area (Å²) < 4.78 is 0. The van der Waals surface area contributed by atoms with Crippen LogP contribution in [0.15, 0.2) is 0 Å². The molecular weight excluding hydrogens is 184 g/mol. The van der Waals surface area contributed by atoms with E-state index in [1.54, 1.807) is 0 Å². The Hall–Kier alpha value is -0.0800. The van der Waals surface area contributed by atoms with Crippen molar-refractivity contribution in [1.29, 1.82) is 0 Å². The molecule has 1 saturated carbocycles. The van der Waals surface area contributed by atoms with Gasteiger partial charge in [-0.25, -0.2) is 0 Å². The average Bonchev–Trinajstić information content (AvgIpc) is 2.38. The second-order valence-corrected chi connectivity index (χ2v) is 6.73. The van der Waals surface area contributed by atoms with Gasteiger partial charge in [0.1, 0.15) is 0 Å². The Balaban J connectivity index is 2.07. The van der Waals surface area contributed by atoms with E-state index in [2.05, 4.69) is 45.3 Å². The fourth-order valence-corrected chi connectivity index (χ4v) is 2.32. The van der Waals surface area contributed by atoms with Gasteiger partial charge in [-0.3, -0.25) is 0 Å². The molecule has 1 unspecified atom stereocenters. The first-order valence-electron chi connectivity index (χ1n) is 6.27. The molecule has 2 N–H and O–H groups in total. The van der Waals surface area contributed by atoms with Gasteiger partial charge in [0.15, 0.2) is 0 Å². The van der Waals surface area contributed by atoms with Crippen molar-refractivity contribution < 1.29 is 0 Å². The predicted octanol–water partition coefficient (Wildman–Crippen LogP) is 2.54. The quantitative estimate of drug-likeness (QED) is 0.700. The Bertz CT molecular complexity index is 191. The van der Waals surface area contributed by atoms with Gasteiger partial charge >= 0.3 is 0 Å². The second-order valence-electron chi connectivity index (χ2n) is 6.73. The molecule has 0 aromatic heterocycles. The molecule has 0 aliphatic heterocycles. The third-order valence-corrected chi connectivity index (χ3v) is 3.18. The summed E-state index contributed by atoms with van der Waals surface area (Å²) in [6, 6.07) is 0.752. The fraction of sp³-hybridized carbons (Fsp3) is 1.00. The normalized spacial score (nSPS) is 25.8. The van der Waals surface area contributed by atoms with E-state index in [-0.39, 0.29) is 5.54 Å². The molecule has 0 saturated heterocycles. The number of hydrogen-bond acceptors (Lipinski definition) is 2. The highest BCUT2D eigenvalue weighted by atomic mass is 15.0. The van der Waals surface area contributed by atoms with E-state index in [1.165, 1.54) is 19.3 Å². The summed E-state index contributed by atoms with van der Waals surface area (Å²) in [4.78, 5) is 0. The van der Waals surface area contributed by atoms with Crippen LogP contribution in [0.25, 0.3) is 0 Å². The van der Waals surface area contributed by atoms with Gasteiger partial charge < -0.3 is 10.6 Å². The van der Waals surface area contributed by atoms with Crippen LogP contribution in [0.5, 0.6) is 0 Å². The first kappa shape index (κ1) is 13.0. The highest BCUT2D eigenvalue weighted by molar-refractivity contribution is 4.86. The molecule has 0 bridgehead atoms. The van der Waals surface area contributed by atoms with Gasteiger partial charge in [0.05, 0.1) is 0 Å². The van der Waals surface area contributed by atoms with E-state index in [0.29, 0.717) is 5.41 Å². The molecule has 1 rings (SSSR count). The zero-order chi connectivity index (χ0) is 11.5. The van der Waals surface area contributed by atoms with Crippen LogP contribution in [0, 0.1) is 5.41 Å². The van der Waals surface area contributed by atoms with Gasteiger partial charge in [0.25, 0.3) is 0 Å². The summed E-state index contributed by atoms with van der Waals surface area (Å²) in [6.07, 6.45) is 4.06. The van der Waals surface area contributed by atoms with Crippen LogP contribution in [-0.4, -0.2) is 24.7 Å². The molecule has 0 heterocycles. The SMILES string of the molecule is CC1(C)CCC(NCCNC(C)(C)C)C1. The molecule has 1 aliphatic carbocycles. The molecule has 0 spiro atoms. The third kappa shape index (κ3) is 5.53. The van der Waals surface area contributed by atoms with E-state index in [9.17, 15) is 0 Å². The lowest BCUT2D eigenvalue weighted by molar-refractivity contribution is 0.359. The topological polar surface area (TPSA) is 24.1 Å². The molecule has 2 nitrogen and oxygen atoms in total. The molecule has 15 heavy (non-hydrogen) atoms. The lowest BCUT2D eigenvalue weighted by atomic mass is 9.92. The van der Waals surface area contributed by atoms with Gasteiger partial charge in [-0.05, 0) is 45.4 Å². The van der Waals surface area contributed by atoms with E-state index in [4.69, 9.17) is 0 Å². The molecule has 0 radical (unpaired) electrons. The van der Waals surface area contributed by atoms with E-state index in [1.807, 2.05) is 0 Å². The predicted molar refractivity (Wildman–Crippen MR) is 67.2 cm³/mol. The molecular formula is C13H28N2. The van der Waals surface area contributed by atoms with E-state index in [0.717, 1.165) is 19.1 Å². The number of rotatable bonds is 4. The number of hydrogen-bond donors (Lipinski definition) is 2. The average molecular weight is 212 g/mol. The molecule has 2 heteroatoms. The zero-order valence-electron chi connectivity index (χ0n) is 11.1. The Labute approximate surface area is 95.2 Å². The van der Waals surface area contributed by atoms with Gasteiger partial charge in [0.2, 0.25) is 0 Å². The van der Waals surface area contributed by atoms with Crippen molar-refractivity contribution in [2.75, 3.05) is 13.1 Å². The minimum Gasteiger partial charge on any atom is -0.313 e. The minimum absolute atomic E-state index is 0.247. The standard InChI is InChI=1S/C13H28N2/c1-12(2,3)15-9-8-14-11-6-7-13(4,5)10-11/h11,14-15H,6-10H2,1-5H3. The highest BCUT2D eigenvalue weighted by Crippen LogP contribution is 2.36. The van der Waals surface area contributed by atoms with Crippen LogP contribution >= 0.6 is 0 Å². The van der Waals surface area contributed by atoms with E-state index < -0.39 is 0 Å². The molecule has 1 atom stereocenters. The Morgan fingerprint density at radius 3 is 2.33 bits per heavy atom. The van der Waals surface area contributed by atoms with Crippen molar-refractivity contribution in [1.82, 2.24) is 10.6 Å². The van der Waals surface area contributed by atoms with Gasteiger partial charge in [-0.15, -0.1) is 0 Å². The van der Waals surface area contributed by atoms with Crippen molar-refractivity contribution in [3.8, 4) is 0 Å². The highest BCUT2D eigenvalue weighted by Gasteiger charge is 2.30. The maximum Gasteiger partial charge on any atom is 0.00970 e. The maximum atomic E-state index is 3.65. The lowest BCUT2D eigenvalue weighted by Gasteiger charge is -2.22. The summed E-state index contributed by atoms with van der Waals surface area (Å²) in [5.74, 6) is 0. The van der Waals surface area contributed by atoms with E-state index >= 15 is 0 Å². The molecule has 0 aromatic carbocycles. The molecule has 0 amide bonds. The van der Waals surface area contributed by atoms with Crippen LogP contribution in [0.4, 0.5) is 0 Å². The Morgan fingerprint density at radius 2 is 1.87 bits per heavy atom. The largest absolute Gasteiger partial charge is 0.313 e. The van der Waals surface area contributed by atoms with Gasteiger partial charge in [-0.2, -0.15) is 0 Å². The molecule has 1 aliphatic rings.